The van der Waals surface area contributed by atoms with E-state index in [-0.39, 0.29) is 12.5 Å². The molecule has 0 aliphatic rings. The molecule has 6 nitrogen and oxygen atoms in total. The van der Waals surface area contributed by atoms with E-state index in [2.05, 4.69) is 15.6 Å². The number of nitrogens with zero attached hydrogens (tertiary/aromatic N) is 3. The summed E-state index contributed by atoms with van der Waals surface area (Å²) in [6.45, 7) is 3.89. The Morgan fingerprint density at radius 1 is 1.08 bits per heavy atom. The van der Waals surface area contributed by atoms with Crippen molar-refractivity contribution in [3.05, 3.63) is 66.0 Å². The zero-order valence-corrected chi connectivity index (χ0v) is 13.6. The third-order valence-electron chi connectivity index (χ3n) is 3.51. The number of nitrogens with one attached hydrogen (secondary N) is 1. The maximum absolute atomic E-state index is 12.0. The van der Waals surface area contributed by atoms with Gasteiger partial charge in [0.2, 0.25) is 0 Å². The lowest BCUT2D eigenvalue weighted by molar-refractivity contribution is -0.118. The van der Waals surface area contributed by atoms with E-state index in [1.54, 1.807) is 10.9 Å². The van der Waals surface area contributed by atoms with Crippen molar-refractivity contribution in [2.24, 2.45) is 0 Å². The second-order valence-electron chi connectivity index (χ2n) is 5.48. The van der Waals surface area contributed by atoms with Crippen LogP contribution in [-0.4, -0.2) is 27.5 Å². The predicted molar refractivity (Wildman–Crippen MR) is 91.4 cm³/mol. The number of carbonyl (C=O) groups excluding carboxylic acids is 1. The van der Waals surface area contributed by atoms with Crippen LogP contribution in [-0.2, 0) is 4.79 Å². The van der Waals surface area contributed by atoms with E-state index in [9.17, 15) is 4.79 Å². The lowest BCUT2D eigenvalue weighted by atomic mass is 10.2. The predicted octanol–water partition coefficient (Wildman–Crippen LogP) is 2.90. The van der Waals surface area contributed by atoms with Crippen molar-refractivity contribution in [1.29, 1.82) is 0 Å². The fraction of sp³-hybridized carbons (Fsp3) is 0.167. The third-order valence-corrected chi connectivity index (χ3v) is 3.51. The first kappa shape index (κ1) is 15.7. The number of rotatable bonds is 5. The Morgan fingerprint density at radius 3 is 2.42 bits per heavy atom. The van der Waals surface area contributed by atoms with E-state index in [4.69, 9.17) is 4.74 Å². The molecule has 0 bridgehead atoms. The van der Waals surface area contributed by atoms with Crippen LogP contribution >= 0.6 is 0 Å². The van der Waals surface area contributed by atoms with Gasteiger partial charge in [-0.15, -0.1) is 5.10 Å². The van der Waals surface area contributed by atoms with Gasteiger partial charge >= 0.3 is 0 Å². The smallest absolute Gasteiger partial charge is 0.262 e. The van der Waals surface area contributed by atoms with Gasteiger partial charge in [0.1, 0.15) is 5.75 Å². The van der Waals surface area contributed by atoms with Gasteiger partial charge < -0.3 is 10.1 Å². The largest absolute Gasteiger partial charge is 0.484 e. The van der Waals surface area contributed by atoms with Gasteiger partial charge in [-0.3, -0.25) is 4.79 Å². The molecule has 0 aliphatic heterocycles. The van der Waals surface area contributed by atoms with Gasteiger partial charge in [0, 0.05) is 5.69 Å². The lowest BCUT2D eigenvalue weighted by Crippen LogP contribution is -2.20. The zero-order valence-electron chi connectivity index (χ0n) is 13.6. The van der Waals surface area contributed by atoms with Crippen LogP contribution in [0.15, 0.2) is 54.7 Å². The van der Waals surface area contributed by atoms with E-state index < -0.39 is 0 Å². The molecular formula is C18H18N4O2. The molecule has 1 aromatic heterocycles. The molecule has 0 atom stereocenters. The molecule has 0 aliphatic carbocycles. The second-order valence-corrected chi connectivity index (χ2v) is 5.48. The van der Waals surface area contributed by atoms with Crippen LogP contribution in [0.4, 0.5) is 5.69 Å². The Balaban J connectivity index is 1.56. The van der Waals surface area contributed by atoms with Crippen LogP contribution < -0.4 is 10.1 Å². The van der Waals surface area contributed by atoms with Gasteiger partial charge in [-0.25, -0.2) is 4.68 Å². The van der Waals surface area contributed by atoms with E-state index >= 15 is 0 Å². The highest BCUT2D eigenvalue weighted by Gasteiger charge is 2.05. The first-order valence-electron chi connectivity index (χ1n) is 7.59. The van der Waals surface area contributed by atoms with Crippen molar-refractivity contribution in [3.8, 4) is 11.4 Å². The molecule has 0 unspecified atom stereocenters. The standard InChI is InChI=1S/C18H18N4O2/c1-13-3-9-17(10-4-13)24-12-18(23)20-15-5-7-16(8-6-15)22-14(2)11-19-21-22/h3-11H,12H2,1-2H3,(H,20,23). The van der Waals surface area contributed by atoms with E-state index in [0.29, 0.717) is 11.4 Å². The molecule has 1 heterocycles. The van der Waals surface area contributed by atoms with E-state index in [1.165, 1.54) is 0 Å². The average molecular weight is 322 g/mol. The fourth-order valence-electron chi connectivity index (χ4n) is 2.21. The first-order valence-corrected chi connectivity index (χ1v) is 7.59. The van der Waals surface area contributed by atoms with Crippen molar-refractivity contribution in [1.82, 2.24) is 15.0 Å². The summed E-state index contributed by atoms with van der Waals surface area (Å²) in [7, 11) is 0. The summed E-state index contributed by atoms with van der Waals surface area (Å²) in [6, 6.07) is 15.0. The van der Waals surface area contributed by atoms with Gasteiger partial charge in [0.25, 0.3) is 5.91 Å². The molecule has 0 radical (unpaired) electrons. The Kier molecular flexibility index (Phi) is 4.56. The quantitative estimate of drug-likeness (QED) is 0.784. The molecular weight excluding hydrogens is 304 g/mol. The van der Waals surface area contributed by atoms with Crippen molar-refractivity contribution in [2.45, 2.75) is 13.8 Å². The minimum atomic E-state index is -0.208. The Labute approximate surface area is 140 Å². The minimum absolute atomic E-state index is 0.0347. The van der Waals surface area contributed by atoms with Crippen molar-refractivity contribution < 1.29 is 9.53 Å². The number of benzene rings is 2. The molecule has 3 rings (SSSR count). The van der Waals surface area contributed by atoms with Crippen LogP contribution in [0, 0.1) is 13.8 Å². The highest BCUT2D eigenvalue weighted by molar-refractivity contribution is 5.91. The van der Waals surface area contributed by atoms with Crippen LogP contribution in [0.1, 0.15) is 11.3 Å². The highest BCUT2D eigenvalue weighted by Crippen LogP contribution is 2.14. The third kappa shape index (κ3) is 3.78. The van der Waals surface area contributed by atoms with Crippen molar-refractivity contribution >= 4 is 11.6 Å². The maximum Gasteiger partial charge on any atom is 0.262 e. The Bertz CT molecular complexity index is 823. The molecule has 2 aromatic carbocycles. The van der Waals surface area contributed by atoms with Gasteiger partial charge in [0.05, 0.1) is 17.6 Å². The number of hydrogen-bond donors (Lipinski definition) is 1. The van der Waals surface area contributed by atoms with Crippen molar-refractivity contribution in [3.63, 3.8) is 0 Å². The normalized spacial score (nSPS) is 10.4. The molecule has 0 saturated heterocycles. The Morgan fingerprint density at radius 2 is 1.79 bits per heavy atom. The van der Waals surface area contributed by atoms with Gasteiger partial charge in [0.15, 0.2) is 6.61 Å². The SMILES string of the molecule is Cc1ccc(OCC(=O)Nc2ccc(-n3nncc3C)cc2)cc1. The molecule has 0 saturated carbocycles. The zero-order chi connectivity index (χ0) is 16.9. The monoisotopic (exact) mass is 322 g/mol. The number of amides is 1. The number of carbonyl (C=O) groups is 1. The lowest BCUT2D eigenvalue weighted by Gasteiger charge is -2.09. The second kappa shape index (κ2) is 6.95. The summed E-state index contributed by atoms with van der Waals surface area (Å²) < 4.78 is 7.19. The summed E-state index contributed by atoms with van der Waals surface area (Å²) in [4.78, 5) is 12.0. The van der Waals surface area contributed by atoms with Crippen LogP contribution in [0.2, 0.25) is 0 Å². The summed E-state index contributed by atoms with van der Waals surface area (Å²) in [5, 5.41) is 10.7. The molecule has 3 aromatic rings. The Hall–Kier alpha value is -3.15. The molecule has 6 heteroatoms. The minimum Gasteiger partial charge on any atom is -0.484 e. The number of ether oxygens (including phenoxy) is 1. The topological polar surface area (TPSA) is 69.0 Å². The molecule has 1 amide bonds. The summed E-state index contributed by atoms with van der Waals surface area (Å²) >= 11 is 0. The summed E-state index contributed by atoms with van der Waals surface area (Å²) in [5.74, 6) is 0.466. The van der Waals surface area contributed by atoms with E-state index in [1.807, 2.05) is 62.4 Å². The molecule has 0 spiro atoms. The van der Waals surface area contributed by atoms with Gasteiger partial charge in [-0.05, 0) is 50.2 Å². The summed E-state index contributed by atoms with van der Waals surface area (Å²) in [6.07, 6.45) is 1.69. The van der Waals surface area contributed by atoms with Crippen LogP contribution in [0.25, 0.3) is 5.69 Å². The highest BCUT2D eigenvalue weighted by atomic mass is 16.5. The van der Waals surface area contributed by atoms with Gasteiger partial charge in [-0.1, -0.05) is 22.9 Å². The number of anilines is 1. The van der Waals surface area contributed by atoms with Gasteiger partial charge in [-0.2, -0.15) is 0 Å². The molecule has 122 valence electrons. The first-order chi connectivity index (χ1) is 11.6. The maximum atomic E-state index is 12.0. The van der Waals surface area contributed by atoms with E-state index in [0.717, 1.165) is 16.9 Å². The number of aromatic nitrogens is 3. The average Bonchev–Trinajstić information content (AvgIpc) is 3.01. The molecule has 0 fully saturated rings. The molecule has 24 heavy (non-hydrogen) atoms. The summed E-state index contributed by atoms with van der Waals surface area (Å²) in [5.41, 5.74) is 3.68. The molecule has 1 N–H and O–H groups in total. The fourth-order valence-corrected chi connectivity index (χ4v) is 2.21. The van der Waals surface area contributed by atoms with Crippen LogP contribution in [0.5, 0.6) is 5.75 Å². The number of aryl methyl sites for hydroxylation is 2. The van der Waals surface area contributed by atoms with Crippen molar-refractivity contribution in [2.75, 3.05) is 11.9 Å². The van der Waals surface area contributed by atoms with Crippen LogP contribution in [0.3, 0.4) is 0 Å². The number of hydrogen-bond acceptors (Lipinski definition) is 4.